The highest BCUT2D eigenvalue weighted by Crippen LogP contribution is 2.14. The summed E-state index contributed by atoms with van der Waals surface area (Å²) in [7, 11) is 3.68. The van der Waals surface area contributed by atoms with Gasteiger partial charge in [0.25, 0.3) is 0 Å². The molecule has 2 unspecified atom stereocenters. The van der Waals surface area contributed by atoms with Crippen molar-refractivity contribution < 1.29 is 9.47 Å². The number of ether oxygens (including phenoxy) is 2. The van der Waals surface area contributed by atoms with Gasteiger partial charge in [-0.3, -0.25) is 0 Å². The van der Waals surface area contributed by atoms with Gasteiger partial charge in [0, 0.05) is 12.6 Å². The van der Waals surface area contributed by atoms with Gasteiger partial charge in [-0.05, 0) is 51.4 Å². The van der Waals surface area contributed by atoms with Gasteiger partial charge in [0.1, 0.15) is 5.75 Å². The van der Waals surface area contributed by atoms with Gasteiger partial charge >= 0.3 is 0 Å². The number of likely N-dealkylation sites (N-methyl/N-ethyl adjacent to an activating group) is 1. The van der Waals surface area contributed by atoms with Gasteiger partial charge in [0.2, 0.25) is 0 Å². The summed E-state index contributed by atoms with van der Waals surface area (Å²) in [6, 6.07) is 8.66. The lowest BCUT2D eigenvalue weighted by atomic mass is 10.0. The monoisotopic (exact) mass is 251 g/mol. The van der Waals surface area contributed by atoms with E-state index >= 15 is 0 Å². The molecule has 1 rings (SSSR count). The summed E-state index contributed by atoms with van der Waals surface area (Å²) in [5, 5.41) is 3.33. The summed E-state index contributed by atoms with van der Waals surface area (Å²) in [6.45, 7) is 4.92. The predicted octanol–water partition coefficient (Wildman–Crippen LogP) is 2.64. The third-order valence-corrected chi connectivity index (χ3v) is 3.27. The topological polar surface area (TPSA) is 30.5 Å². The van der Waals surface area contributed by atoms with Crippen molar-refractivity contribution in [2.75, 3.05) is 20.8 Å². The second-order valence-electron chi connectivity index (χ2n) is 4.44. The Balaban J connectivity index is 2.46. The van der Waals surface area contributed by atoms with Crippen LogP contribution in [0.3, 0.4) is 0 Å². The SMILES string of the molecule is CCOC(C)C(CCc1ccc(OC)cc1)NC. The molecule has 0 aliphatic carbocycles. The summed E-state index contributed by atoms with van der Waals surface area (Å²) in [5.41, 5.74) is 1.33. The van der Waals surface area contributed by atoms with E-state index in [1.54, 1.807) is 7.11 Å². The molecular weight excluding hydrogens is 226 g/mol. The first-order valence-electron chi connectivity index (χ1n) is 6.63. The molecule has 0 saturated carbocycles. The van der Waals surface area contributed by atoms with Gasteiger partial charge < -0.3 is 14.8 Å². The van der Waals surface area contributed by atoms with Crippen molar-refractivity contribution in [3.05, 3.63) is 29.8 Å². The Bertz CT molecular complexity index is 324. The lowest BCUT2D eigenvalue weighted by Crippen LogP contribution is -2.37. The van der Waals surface area contributed by atoms with E-state index in [2.05, 4.69) is 24.4 Å². The van der Waals surface area contributed by atoms with E-state index in [1.165, 1.54) is 5.56 Å². The van der Waals surface area contributed by atoms with E-state index in [0.29, 0.717) is 6.04 Å². The van der Waals surface area contributed by atoms with Crippen molar-refractivity contribution in [2.45, 2.75) is 38.8 Å². The minimum Gasteiger partial charge on any atom is -0.497 e. The van der Waals surface area contributed by atoms with E-state index in [0.717, 1.165) is 25.2 Å². The Morgan fingerprint density at radius 1 is 1.22 bits per heavy atom. The molecule has 0 fully saturated rings. The molecule has 0 spiro atoms. The highest BCUT2D eigenvalue weighted by Gasteiger charge is 2.15. The van der Waals surface area contributed by atoms with E-state index in [4.69, 9.17) is 9.47 Å². The summed E-state index contributed by atoms with van der Waals surface area (Å²) >= 11 is 0. The lowest BCUT2D eigenvalue weighted by Gasteiger charge is -2.23. The number of hydrogen-bond acceptors (Lipinski definition) is 3. The number of benzene rings is 1. The molecule has 1 N–H and O–H groups in total. The van der Waals surface area contributed by atoms with Crippen LogP contribution >= 0.6 is 0 Å². The Morgan fingerprint density at radius 3 is 2.39 bits per heavy atom. The Hall–Kier alpha value is -1.06. The molecule has 0 radical (unpaired) electrons. The Kier molecular flexibility index (Phi) is 6.76. The molecule has 2 atom stereocenters. The molecule has 0 aliphatic rings. The van der Waals surface area contributed by atoms with Crippen molar-refractivity contribution in [3.8, 4) is 5.75 Å². The van der Waals surface area contributed by atoms with Gasteiger partial charge in [-0.1, -0.05) is 12.1 Å². The van der Waals surface area contributed by atoms with Crippen LogP contribution in [0, 0.1) is 0 Å². The van der Waals surface area contributed by atoms with Gasteiger partial charge in [0.15, 0.2) is 0 Å². The molecule has 1 aromatic carbocycles. The summed E-state index contributed by atoms with van der Waals surface area (Å²) < 4.78 is 10.8. The molecule has 0 bridgehead atoms. The average molecular weight is 251 g/mol. The largest absolute Gasteiger partial charge is 0.497 e. The number of aryl methyl sites for hydroxylation is 1. The first kappa shape index (κ1) is 15.0. The van der Waals surface area contributed by atoms with Gasteiger partial charge in [-0.2, -0.15) is 0 Å². The first-order valence-corrected chi connectivity index (χ1v) is 6.63. The maximum atomic E-state index is 5.64. The molecular formula is C15H25NO2. The summed E-state index contributed by atoms with van der Waals surface area (Å²) in [5.74, 6) is 0.909. The van der Waals surface area contributed by atoms with Gasteiger partial charge in [0.05, 0.1) is 13.2 Å². The van der Waals surface area contributed by atoms with Crippen LogP contribution in [0.15, 0.2) is 24.3 Å². The van der Waals surface area contributed by atoms with Crippen LogP contribution in [0.1, 0.15) is 25.8 Å². The third kappa shape index (κ3) is 4.67. The molecule has 18 heavy (non-hydrogen) atoms. The molecule has 0 aliphatic heterocycles. The minimum atomic E-state index is 0.248. The molecule has 0 saturated heterocycles. The molecule has 1 aromatic rings. The van der Waals surface area contributed by atoms with E-state index in [-0.39, 0.29) is 6.10 Å². The smallest absolute Gasteiger partial charge is 0.118 e. The van der Waals surface area contributed by atoms with Crippen molar-refractivity contribution in [1.82, 2.24) is 5.32 Å². The van der Waals surface area contributed by atoms with E-state index < -0.39 is 0 Å². The predicted molar refractivity (Wildman–Crippen MR) is 75.3 cm³/mol. The fourth-order valence-corrected chi connectivity index (χ4v) is 2.11. The zero-order valence-corrected chi connectivity index (χ0v) is 11.9. The Labute approximate surface area is 110 Å². The quantitative estimate of drug-likeness (QED) is 0.770. The lowest BCUT2D eigenvalue weighted by molar-refractivity contribution is 0.0474. The molecule has 102 valence electrons. The normalized spacial score (nSPS) is 14.2. The van der Waals surface area contributed by atoms with Crippen LogP contribution in [-0.2, 0) is 11.2 Å². The number of methoxy groups -OCH3 is 1. The Morgan fingerprint density at radius 2 is 1.89 bits per heavy atom. The summed E-state index contributed by atoms with van der Waals surface area (Å²) in [6.07, 6.45) is 2.37. The van der Waals surface area contributed by atoms with Crippen LogP contribution in [0.5, 0.6) is 5.75 Å². The van der Waals surface area contributed by atoms with Gasteiger partial charge in [-0.15, -0.1) is 0 Å². The van der Waals surface area contributed by atoms with Crippen LogP contribution in [0.25, 0.3) is 0 Å². The number of hydrogen-bond donors (Lipinski definition) is 1. The molecule has 0 aromatic heterocycles. The minimum absolute atomic E-state index is 0.248. The van der Waals surface area contributed by atoms with Crippen molar-refractivity contribution in [2.24, 2.45) is 0 Å². The zero-order valence-electron chi connectivity index (χ0n) is 11.9. The van der Waals surface area contributed by atoms with E-state index in [1.807, 2.05) is 26.1 Å². The fraction of sp³-hybridized carbons (Fsp3) is 0.600. The van der Waals surface area contributed by atoms with Crippen LogP contribution in [0.4, 0.5) is 0 Å². The third-order valence-electron chi connectivity index (χ3n) is 3.27. The van der Waals surface area contributed by atoms with Crippen LogP contribution in [0.2, 0.25) is 0 Å². The van der Waals surface area contributed by atoms with Crippen molar-refractivity contribution in [1.29, 1.82) is 0 Å². The standard InChI is InChI=1S/C15H25NO2/c1-5-18-12(2)15(16-3)11-8-13-6-9-14(17-4)10-7-13/h6-7,9-10,12,15-16H,5,8,11H2,1-4H3. The second-order valence-corrected chi connectivity index (χ2v) is 4.44. The molecule has 3 heteroatoms. The van der Waals surface area contributed by atoms with Crippen LogP contribution < -0.4 is 10.1 Å². The highest BCUT2D eigenvalue weighted by atomic mass is 16.5. The maximum Gasteiger partial charge on any atom is 0.118 e. The fourth-order valence-electron chi connectivity index (χ4n) is 2.11. The number of nitrogens with one attached hydrogen (secondary N) is 1. The molecule has 0 amide bonds. The second kappa shape index (κ2) is 8.11. The first-order chi connectivity index (χ1) is 8.71. The average Bonchev–Trinajstić information content (AvgIpc) is 2.40. The molecule has 0 heterocycles. The van der Waals surface area contributed by atoms with Crippen LogP contribution in [-0.4, -0.2) is 32.9 Å². The molecule has 3 nitrogen and oxygen atoms in total. The zero-order chi connectivity index (χ0) is 13.4. The highest BCUT2D eigenvalue weighted by molar-refractivity contribution is 5.27. The van der Waals surface area contributed by atoms with Crippen molar-refractivity contribution >= 4 is 0 Å². The summed E-state index contributed by atoms with van der Waals surface area (Å²) in [4.78, 5) is 0. The van der Waals surface area contributed by atoms with Gasteiger partial charge in [-0.25, -0.2) is 0 Å². The maximum absolute atomic E-state index is 5.64. The van der Waals surface area contributed by atoms with Crippen molar-refractivity contribution in [3.63, 3.8) is 0 Å². The number of rotatable bonds is 8. The van der Waals surface area contributed by atoms with E-state index in [9.17, 15) is 0 Å².